The fourth-order valence-electron chi connectivity index (χ4n) is 3.51. The van der Waals surface area contributed by atoms with E-state index in [0.717, 1.165) is 12.8 Å². The lowest BCUT2D eigenvalue weighted by Gasteiger charge is -2.38. The minimum atomic E-state index is -1.06. The molecular weight excluding hydrogens is 258 g/mol. The van der Waals surface area contributed by atoms with Crippen LogP contribution in [-0.2, 0) is 14.3 Å². The van der Waals surface area contributed by atoms with E-state index >= 15 is 0 Å². The molecule has 1 saturated carbocycles. The van der Waals surface area contributed by atoms with Crippen LogP contribution in [0, 0.1) is 17.3 Å². The summed E-state index contributed by atoms with van der Waals surface area (Å²) in [6.07, 6.45) is 2.83. The first-order valence-corrected chi connectivity index (χ1v) is 7.26. The van der Waals surface area contributed by atoms with Crippen molar-refractivity contribution in [1.29, 1.82) is 0 Å². The van der Waals surface area contributed by atoms with Crippen LogP contribution in [0.4, 0.5) is 0 Å². The second-order valence-electron chi connectivity index (χ2n) is 6.85. The number of nitrogens with one attached hydrogen (secondary N) is 1. The van der Waals surface area contributed by atoms with Crippen molar-refractivity contribution in [3.63, 3.8) is 0 Å². The van der Waals surface area contributed by atoms with E-state index < -0.39 is 12.1 Å². The highest BCUT2D eigenvalue weighted by atomic mass is 16.5. The van der Waals surface area contributed by atoms with Crippen LogP contribution in [0.25, 0.3) is 0 Å². The minimum Gasteiger partial charge on any atom is -0.479 e. The third-order valence-corrected chi connectivity index (χ3v) is 4.00. The fourth-order valence-corrected chi connectivity index (χ4v) is 3.51. The Kier molecular flexibility index (Phi) is 5.99. The van der Waals surface area contributed by atoms with Crippen molar-refractivity contribution in [2.45, 2.75) is 52.6 Å². The van der Waals surface area contributed by atoms with Gasteiger partial charge in [-0.15, -0.1) is 0 Å². The molecule has 0 bridgehead atoms. The van der Waals surface area contributed by atoms with Gasteiger partial charge in [-0.2, -0.15) is 0 Å². The van der Waals surface area contributed by atoms with Crippen LogP contribution in [0.2, 0.25) is 0 Å². The largest absolute Gasteiger partial charge is 0.479 e. The van der Waals surface area contributed by atoms with Gasteiger partial charge >= 0.3 is 5.97 Å². The second kappa shape index (κ2) is 7.07. The summed E-state index contributed by atoms with van der Waals surface area (Å²) in [5.74, 6) is -0.106. The Balaban J connectivity index is 2.40. The van der Waals surface area contributed by atoms with E-state index in [2.05, 4.69) is 26.1 Å². The van der Waals surface area contributed by atoms with Crippen molar-refractivity contribution in [1.82, 2.24) is 5.32 Å². The van der Waals surface area contributed by atoms with Crippen LogP contribution >= 0.6 is 0 Å². The zero-order chi connectivity index (χ0) is 15.3. The van der Waals surface area contributed by atoms with Crippen molar-refractivity contribution in [3.05, 3.63) is 0 Å². The predicted octanol–water partition coefficient (Wildman–Crippen LogP) is 2.05. The first-order valence-electron chi connectivity index (χ1n) is 7.26. The van der Waals surface area contributed by atoms with E-state index in [4.69, 9.17) is 9.84 Å². The molecule has 0 aliphatic heterocycles. The van der Waals surface area contributed by atoms with Gasteiger partial charge in [0.2, 0.25) is 5.91 Å². The minimum absolute atomic E-state index is 0.0241. The summed E-state index contributed by atoms with van der Waals surface area (Å²) < 4.78 is 4.79. The van der Waals surface area contributed by atoms with Crippen molar-refractivity contribution >= 4 is 11.9 Å². The molecule has 1 rings (SSSR count). The Hall–Kier alpha value is -1.10. The molecule has 1 aliphatic carbocycles. The summed E-state index contributed by atoms with van der Waals surface area (Å²) >= 11 is 0. The summed E-state index contributed by atoms with van der Waals surface area (Å²) in [4.78, 5) is 22.7. The van der Waals surface area contributed by atoms with Gasteiger partial charge in [0.05, 0.1) is 6.54 Å². The van der Waals surface area contributed by atoms with Crippen molar-refractivity contribution in [3.8, 4) is 0 Å². The van der Waals surface area contributed by atoms with Gasteiger partial charge in [-0.3, -0.25) is 4.79 Å². The van der Waals surface area contributed by atoms with Crippen LogP contribution in [-0.4, -0.2) is 36.7 Å². The Morgan fingerprint density at radius 1 is 1.40 bits per heavy atom. The maximum absolute atomic E-state index is 11.9. The van der Waals surface area contributed by atoms with Gasteiger partial charge in [0.25, 0.3) is 0 Å². The van der Waals surface area contributed by atoms with Crippen LogP contribution < -0.4 is 5.32 Å². The number of carboxylic acids is 1. The van der Waals surface area contributed by atoms with E-state index in [0.29, 0.717) is 23.7 Å². The molecule has 5 nitrogen and oxygen atoms in total. The monoisotopic (exact) mass is 285 g/mol. The molecule has 116 valence electrons. The maximum atomic E-state index is 11.9. The summed E-state index contributed by atoms with van der Waals surface area (Å²) in [6, 6.07) is 0. The Morgan fingerprint density at radius 3 is 2.55 bits per heavy atom. The Bertz CT molecular complexity index is 354. The average molecular weight is 285 g/mol. The zero-order valence-electron chi connectivity index (χ0n) is 12.9. The van der Waals surface area contributed by atoms with E-state index in [1.807, 2.05) is 0 Å². The molecule has 5 heteroatoms. The van der Waals surface area contributed by atoms with Crippen LogP contribution in [0.1, 0.15) is 46.5 Å². The number of ether oxygens (including phenoxy) is 1. The molecule has 0 saturated heterocycles. The molecule has 1 aliphatic rings. The smallest absolute Gasteiger partial charge is 0.334 e. The topological polar surface area (TPSA) is 75.6 Å². The highest BCUT2D eigenvalue weighted by Crippen LogP contribution is 2.42. The number of aliphatic carboxylic acids is 1. The second-order valence-corrected chi connectivity index (χ2v) is 6.85. The number of rotatable bonds is 6. The standard InChI is InChI=1S/C15H27NO4/c1-10-5-11(8-15(2,3)7-10)6-13(17)16-9-12(20-4)14(18)19/h10-12H,5-9H2,1-4H3,(H,16,17)(H,18,19). The first kappa shape index (κ1) is 17.0. The molecule has 3 atom stereocenters. The zero-order valence-corrected chi connectivity index (χ0v) is 12.9. The average Bonchev–Trinajstić information content (AvgIpc) is 2.25. The molecule has 0 spiro atoms. The Labute approximate surface area is 121 Å². The van der Waals surface area contributed by atoms with Gasteiger partial charge in [0, 0.05) is 13.5 Å². The molecule has 0 aromatic carbocycles. The highest BCUT2D eigenvalue weighted by Gasteiger charge is 2.33. The summed E-state index contributed by atoms with van der Waals surface area (Å²) in [5.41, 5.74) is 0.290. The number of amides is 1. The van der Waals surface area contributed by atoms with Crippen molar-refractivity contribution < 1.29 is 19.4 Å². The lowest BCUT2D eigenvalue weighted by atomic mass is 9.67. The van der Waals surface area contributed by atoms with E-state index in [-0.39, 0.29) is 12.5 Å². The predicted molar refractivity (Wildman–Crippen MR) is 76.3 cm³/mol. The highest BCUT2D eigenvalue weighted by molar-refractivity contribution is 5.78. The fraction of sp³-hybridized carbons (Fsp3) is 0.867. The number of carbonyl (C=O) groups is 2. The lowest BCUT2D eigenvalue weighted by molar-refractivity contribution is -0.148. The number of methoxy groups -OCH3 is 1. The van der Waals surface area contributed by atoms with Crippen LogP contribution in [0.5, 0.6) is 0 Å². The normalized spacial score (nSPS) is 26.8. The number of carbonyl (C=O) groups excluding carboxylic acids is 1. The molecular formula is C15H27NO4. The van der Waals surface area contributed by atoms with Gasteiger partial charge in [-0.1, -0.05) is 20.8 Å². The van der Waals surface area contributed by atoms with E-state index in [1.165, 1.54) is 13.5 Å². The van der Waals surface area contributed by atoms with Crippen LogP contribution in [0.3, 0.4) is 0 Å². The summed E-state index contributed by atoms with van der Waals surface area (Å²) in [7, 11) is 1.33. The van der Waals surface area contributed by atoms with Gasteiger partial charge in [-0.25, -0.2) is 4.79 Å². The number of carboxylic acid groups (broad SMARTS) is 1. The molecule has 20 heavy (non-hydrogen) atoms. The van der Waals surface area contributed by atoms with Crippen LogP contribution in [0.15, 0.2) is 0 Å². The van der Waals surface area contributed by atoms with Crippen molar-refractivity contribution in [2.24, 2.45) is 17.3 Å². The molecule has 0 aromatic rings. The molecule has 1 amide bonds. The maximum Gasteiger partial charge on any atom is 0.334 e. The third kappa shape index (κ3) is 5.49. The molecule has 1 fully saturated rings. The van der Waals surface area contributed by atoms with Gasteiger partial charge < -0.3 is 15.2 Å². The molecule has 0 aromatic heterocycles. The first-order chi connectivity index (χ1) is 9.23. The quantitative estimate of drug-likeness (QED) is 0.783. The van der Waals surface area contributed by atoms with Gasteiger partial charge in [0.1, 0.15) is 0 Å². The number of hydrogen-bond acceptors (Lipinski definition) is 3. The van der Waals surface area contributed by atoms with E-state index in [1.54, 1.807) is 0 Å². The third-order valence-electron chi connectivity index (χ3n) is 4.00. The summed E-state index contributed by atoms with van der Waals surface area (Å²) in [6.45, 7) is 6.76. The summed E-state index contributed by atoms with van der Waals surface area (Å²) in [5, 5.41) is 11.5. The molecule has 0 radical (unpaired) electrons. The van der Waals surface area contributed by atoms with Gasteiger partial charge in [-0.05, 0) is 36.5 Å². The van der Waals surface area contributed by atoms with Gasteiger partial charge in [0.15, 0.2) is 6.10 Å². The molecule has 0 heterocycles. The Morgan fingerprint density at radius 2 is 2.05 bits per heavy atom. The van der Waals surface area contributed by atoms with E-state index in [9.17, 15) is 9.59 Å². The number of hydrogen-bond donors (Lipinski definition) is 2. The molecule has 3 unspecified atom stereocenters. The lowest BCUT2D eigenvalue weighted by Crippen LogP contribution is -2.39. The van der Waals surface area contributed by atoms with Crippen molar-refractivity contribution in [2.75, 3.05) is 13.7 Å². The SMILES string of the molecule is COC(CNC(=O)CC1CC(C)CC(C)(C)C1)C(=O)O. The molecule has 2 N–H and O–H groups in total.